The molecule has 3 heteroatoms. The second-order valence-electron chi connectivity index (χ2n) is 2.01. The molecule has 0 heterocycles. The number of rotatable bonds is 2. The highest BCUT2D eigenvalue weighted by Crippen LogP contribution is 1.99. The molecule has 0 saturated heterocycles. The van der Waals surface area contributed by atoms with Crippen molar-refractivity contribution in [2.24, 2.45) is 0 Å². The zero-order valence-corrected chi connectivity index (χ0v) is 6.94. The fourth-order valence-electron chi connectivity index (χ4n) is 0.715. The van der Waals surface area contributed by atoms with E-state index in [-0.39, 0.29) is 0 Å². The third-order valence-electron chi connectivity index (χ3n) is 1.17. The van der Waals surface area contributed by atoms with Crippen molar-refractivity contribution in [2.75, 3.05) is 0 Å². The van der Waals surface area contributed by atoms with Crippen molar-refractivity contribution in [2.45, 2.75) is 0 Å². The Hall–Kier alpha value is -1.99. The standard InChI is InChI=1S/C9H8O.CHNO/c10-8-4-7-9-5-2-1-3-6-9;2-1-3/h1-8H;2H. The molecule has 0 saturated carbocycles. The molecule has 1 aromatic carbocycles. The van der Waals surface area contributed by atoms with E-state index in [1.807, 2.05) is 30.3 Å². The molecule has 0 radical (unpaired) electrons. The van der Waals surface area contributed by atoms with Gasteiger partial charge in [0.15, 0.2) is 0 Å². The first-order valence-corrected chi connectivity index (χ1v) is 3.56. The highest BCUT2D eigenvalue weighted by molar-refractivity contribution is 5.73. The van der Waals surface area contributed by atoms with Crippen LogP contribution in [-0.2, 0) is 9.59 Å². The summed E-state index contributed by atoms with van der Waals surface area (Å²) >= 11 is 0. The average molecular weight is 175 g/mol. The molecule has 3 nitrogen and oxygen atoms in total. The minimum absolute atomic E-state index is 0.750. The third-order valence-corrected chi connectivity index (χ3v) is 1.17. The van der Waals surface area contributed by atoms with E-state index in [0.717, 1.165) is 17.9 Å². The molecule has 0 aliphatic carbocycles. The molecule has 0 amide bonds. The van der Waals surface area contributed by atoms with Crippen molar-refractivity contribution in [3.63, 3.8) is 0 Å². The molecule has 0 aliphatic rings. The second-order valence-corrected chi connectivity index (χ2v) is 2.01. The molecular weight excluding hydrogens is 166 g/mol. The summed E-state index contributed by atoms with van der Waals surface area (Å²) in [6, 6.07) is 9.70. The quantitative estimate of drug-likeness (QED) is 0.322. The van der Waals surface area contributed by atoms with Gasteiger partial charge >= 0.3 is 0 Å². The summed E-state index contributed by atoms with van der Waals surface area (Å²) in [4.78, 5) is 18.2. The Morgan fingerprint density at radius 1 is 1.23 bits per heavy atom. The van der Waals surface area contributed by atoms with Crippen molar-refractivity contribution in [3.05, 3.63) is 42.0 Å². The Bertz CT molecular complexity index is 298. The van der Waals surface area contributed by atoms with Gasteiger partial charge in [0.2, 0.25) is 6.08 Å². The van der Waals surface area contributed by atoms with E-state index in [9.17, 15) is 4.79 Å². The molecule has 1 aromatic rings. The van der Waals surface area contributed by atoms with E-state index in [1.165, 1.54) is 6.08 Å². The van der Waals surface area contributed by atoms with E-state index in [1.54, 1.807) is 6.08 Å². The maximum Gasteiger partial charge on any atom is 0.231 e. The molecule has 0 aromatic heterocycles. The van der Waals surface area contributed by atoms with Gasteiger partial charge in [-0.15, -0.1) is 0 Å². The van der Waals surface area contributed by atoms with Crippen LogP contribution in [0.4, 0.5) is 0 Å². The van der Waals surface area contributed by atoms with Gasteiger partial charge < -0.3 is 0 Å². The number of hydrogen-bond acceptors (Lipinski definition) is 3. The first kappa shape index (κ1) is 11.0. The van der Waals surface area contributed by atoms with Crippen LogP contribution in [0.3, 0.4) is 0 Å². The highest BCUT2D eigenvalue weighted by atomic mass is 16.1. The van der Waals surface area contributed by atoms with Gasteiger partial charge in [0.25, 0.3) is 0 Å². The maximum absolute atomic E-state index is 9.89. The normalized spacial score (nSPS) is 8.31. The van der Waals surface area contributed by atoms with Gasteiger partial charge in [-0.1, -0.05) is 36.4 Å². The lowest BCUT2D eigenvalue weighted by Gasteiger charge is -1.86. The van der Waals surface area contributed by atoms with Gasteiger partial charge in [0.05, 0.1) is 0 Å². The number of carbonyl (C=O) groups excluding carboxylic acids is 2. The highest BCUT2D eigenvalue weighted by Gasteiger charge is 1.79. The van der Waals surface area contributed by atoms with Crippen LogP contribution >= 0.6 is 0 Å². The molecule has 13 heavy (non-hydrogen) atoms. The predicted octanol–water partition coefficient (Wildman–Crippen LogP) is 1.80. The molecule has 0 fully saturated rings. The van der Waals surface area contributed by atoms with Crippen molar-refractivity contribution < 1.29 is 9.59 Å². The van der Waals surface area contributed by atoms with E-state index in [4.69, 9.17) is 10.2 Å². The molecule has 0 atom stereocenters. The lowest BCUT2D eigenvalue weighted by atomic mass is 10.2. The fourth-order valence-corrected chi connectivity index (χ4v) is 0.715. The summed E-state index contributed by atoms with van der Waals surface area (Å²) in [5.41, 5.74) is 1.05. The van der Waals surface area contributed by atoms with Gasteiger partial charge in [0.1, 0.15) is 6.29 Å². The molecule has 0 unspecified atom stereocenters. The number of allylic oxidation sites excluding steroid dienone is 1. The molecule has 66 valence electrons. The first-order chi connectivity index (χ1) is 6.35. The van der Waals surface area contributed by atoms with Gasteiger partial charge in [-0.05, 0) is 11.6 Å². The maximum atomic E-state index is 9.89. The Labute approximate surface area is 76.2 Å². The Morgan fingerprint density at radius 3 is 2.23 bits per heavy atom. The van der Waals surface area contributed by atoms with Crippen LogP contribution in [0, 0.1) is 5.41 Å². The zero-order chi connectivity index (χ0) is 9.94. The van der Waals surface area contributed by atoms with Crippen LogP contribution < -0.4 is 0 Å². The van der Waals surface area contributed by atoms with Crippen LogP contribution in [-0.4, -0.2) is 12.4 Å². The summed E-state index contributed by atoms with van der Waals surface area (Å²) < 4.78 is 0. The zero-order valence-electron chi connectivity index (χ0n) is 6.94. The monoisotopic (exact) mass is 175 g/mol. The van der Waals surface area contributed by atoms with Crippen LogP contribution in [0.2, 0.25) is 0 Å². The van der Waals surface area contributed by atoms with Crippen molar-refractivity contribution in [1.29, 1.82) is 5.41 Å². The summed E-state index contributed by atoms with van der Waals surface area (Å²) in [7, 11) is 0. The molecule has 1 rings (SSSR count). The predicted molar refractivity (Wildman–Crippen MR) is 50.0 cm³/mol. The Balaban J connectivity index is 0.000000424. The summed E-state index contributed by atoms with van der Waals surface area (Å²) in [6.07, 6.45) is 4.77. The van der Waals surface area contributed by atoms with E-state index in [0.29, 0.717) is 0 Å². The molecular formula is C10H9NO2. The first-order valence-electron chi connectivity index (χ1n) is 3.56. The van der Waals surface area contributed by atoms with E-state index < -0.39 is 0 Å². The smallest absolute Gasteiger partial charge is 0.231 e. The minimum Gasteiger partial charge on any atom is -0.299 e. The second kappa shape index (κ2) is 8.11. The summed E-state index contributed by atoms with van der Waals surface area (Å²) in [6.45, 7) is 0. The number of hydrogen-bond donors (Lipinski definition) is 1. The summed E-state index contributed by atoms with van der Waals surface area (Å²) in [5, 5.41) is 5.40. The SMILES string of the molecule is N=C=O.O=CC=Cc1ccccc1. The van der Waals surface area contributed by atoms with Crippen LogP contribution in [0.25, 0.3) is 6.08 Å². The lowest BCUT2D eigenvalue weighted by Crippen LogP contribution is -1.67. The fraction of sp³-hybridized carbons (Fsp3) is 0. The topological polar surface area (TPSA) is 58.0 Å². The van der Waals surface area contributed by atoms with Gasteiger partial charge in [-0.3, -0.25) is 4.79 Å². The molecule has 0 spiro atoms. The van der Waals surface area contributed by atoms with Gasteiger partial charge in [-0.25, -0.2) is 10.2 Å². The van der Waals surface area contributed by atoms with Crippen LogP contribution in [0.15, 0.2) is 36.4 Å². The number of isocyanates is 1. The van der Waals surface area contributed by atoms with Gasteiger partial charge in [0, 0.05) is 0 Å². The average Bonchev–Trinajstić information content (AvgIpc) is 2.18. The van der Waals surface area contributed by atoms with Crippen molar-refractivity contribution in [1.82, 2.24) is 0 Å². The third kappa shape index (κ3) is 6.41. The largest absolute Gasteiger partial charge is 0.299 e. The number of benzene rings is 1. The van der Waals surface area contributed by atoms with Gasteiger partial charge in [-0.2, -0.15) is 0 Å². The minimum atomic E-state index is 0.750. The molecule has 0 bridgehead atoms. The summed E-state index contributed by atoms with van der Waals surface area (Å²) in [5.74, 6) is 0. The van der Waals surface area contributed by atoms with E-state index in [2.05, 4.69) is 0 Å². The molecule has 1 N–H and O–H groups in total. The number of aldehydes is 1. The number of nitrogens with one attached hydrogen (secondary N) is 1. The van der Waals surface area contributed by atoms with E-state index >= 15 is 0 Å². The van der Waals surface area contributed by atoms with Crippen LogP contribution in [0.5, 0.6) is 0 Å². The Morgan fingerprint density at radius 2 is 1.77 bits per heavy atom. The van der Waals surface area contributed by atoms with Crippen molar-refractivity contribution in [3.8, 4) is 0 Å². The Kier molecular flexibility index (Phi) is 6.87. The number of carbonyl (C=O) groups is 1. The lowest BCUT2D eigenvalue weighted by molar-refractivity contribution is -0.104. The molecule has 0 aliphatic heterocycles. The van der Waals surface area contributed by atoms with Crippen LogP contribution in [0.1, 0.15) is 5.56 Å². The van der Waals surface area contributed by atoms with Crippen molar-refractivity contribution >= 4 is 18.4 Å².